The summed E-state index contributed by atoms with van der Waals surface area (Å²) in [5.41, 5.74) is 2.55. The number of benzene rings is 3. The number of nitrogens with zero attached hydrogens (tertiary/aromatic N) is 1. The van der Waals surface area contributed by atoms with Gasteiger partial charge in [-0.2, -0.15) is 0 Å². The summed E-state index contributed by atoms with van der Waals surface area (Å²) in [6, 6.07) is 17.5. The minimum atomic E-state index is -0.715. The van der Waals surface area contributed by atoms with Crippen molar-refractivity contribution in [2.75, 3.05) is 11.4 Å². The first-order chi connectivity index (χ1) is 33.7. The number of fused-ring (bicyclic) bond motifs is 1. The highest BCUT2D eigenvalue weighted by Gasteiger charge is 2.49. The van der Waals surface area contributed by atoms with Crippen molar-refractivity contribution in [2.45, 2.75) is 138 Å². The molecule has 3 aliphatic rings. The number of hydrogen-bond donors (Lipinski definition) is 2. The molecule has 12 nitrogen and oxygen atoms in total. The highest BCUT2D eigenvalue weighted by atomic mass is 19.1. The van der Waals surface area contributed by atoms with Gasteiger partial charge in [-0.15, -0.1) is 0 Å². The largest absolute Gasteiger partial charge is 0.461 e. The van der Waals surface area contributed by atoms with Gasteiger partial charge in [0.05, 0.1) is 29.9 Å². The highest BCUT2D eigenvalue weighted by molar-refractivity contribution is 6.03. The van der Waals surface area contributed by atoms with Gasteiger partial charge in [0, 0.05) is 37.1 Å². The van der Waals surface area contributed by atoms with Crippen LogP contribution < -0.4 is 15.0 Å². The third-order valence-corrected chi connectivity index (χ3v) is 14.7. The van der Waals surface area contributed by atoms with Crippen LogP contribution in [0.4, 0.5) is 14.5 Å². The first-order valence-corrected chi connectivity index (χ1v) is 25.1. The lowest BCUT2D eigenvalue weighted by Gasteiger charge is -2.48. The molecule has 2 amide bonds. The average molecular weight is 981 g/mol. The van der Waals surface area contributed by atoms with Gasteiger partial charge in [0.1, 0.15) is 35.4 Å². The van der Waals surface area contributed by atoms with Crippen molar-refractivity contribution in [1.82, 2.24) is 5.32 Å². The molecule has 0 aromatic heterocycles. The Morgan fingerprint density at radius 1 is 0.901 bits per heavy atom. The van der Waals surface area contributed by atoms with Crippen molar-refractivity contribution >= 4 is 41.2 Å². The molecule has 10 atom stereocenters. The third-order valence-electron chi connectivity index (χ3n) is 14.7. The van der Waals surface area contributed by atoms with Crippen LogP contribution in [0, 0.1) is 52.6 Å². The fraction of sp³-hybridized carbons (Fsp3) is 0.509. The van der Waals surface area contributed by atoms with Crippen LogP contribution in [0.1, 0.15) is 136 Å². The standard InChI is InChI=1S/C57H70F2N2O10/c1-9-57(7,8)56(68)71-49-31-35(4)51(46-25-11-34(3)45(52(46)49)24-10-33(2)30-43(64)32-36(5)62)54(66)60-29-28-50(65)70-44-22-14-39(15-23-44)53-47(55(67)61(53)42-20-18-41(59)19-21-42)26-27-48(69-37(6)63)38-12-16-40(58)17-13-38/h11-23,25,33-35,43,45,47-49,52-53,64H,9-10,24,26-32H2,1-8H3,(H,60,66). The maximum Gasteiger partial charge on any atom is 0.312 e. The van der Waals surface area contributed by atoms with Gasteiger partial charge in [0.25, 0.3) is 0 Å². The van der Waals surface area contributed by atoms with E-state index in [2.05, 4.69) is 25.2 Å². The Kier molecular flexibility index (Phi) is 18.3. The topological polar surface area (TPSA) is 166 Å². The summed E-state index contributed by atoms with van der Waals surface area (Å²) in [4.78, 5) is 79.9. The number of aliphatic hydroxyl groups is 1. The number of ether oxygens (including phenoxy) is 3. The number of esters is 3. The molecule has 0 spiro atoms. The number of hydrogen-bond acceptors (Lipinski definition) is 10. The summed E-state index contributed by atoms with van der Waals surface area (Å²) in [6.45, 7) is 14.6. The Labute approximate surface area is 416 Å². The summed E-state index contributed by atoms with van der Waals surface area (Å²) in [6.07, 6.45) is 5.89. The molecule has 71 heavy (non-hydrogen) atoms. The maximum atomic E-state index is 14.1. The number of rotatable bonds is 22. The summed E-state index contributed by atoms with van der Waals surface area (Å²) >= 11 is 0. The predicted octanol–water partition coefficient (Wildman–Crippen LogP) is 10.4. The molecular weight excluding hydrogens is 911 g/mol. The SMILES string of the molecule is CCC(C)(C)C(=O)OC1CC(C)C(C(=O)NCCC(=O)Oc2ccc(C3C(CCC(OC(C)=O)c4ccc(F)cc4)C(=O)N3c3ccc(F)cc3)cc2)=C2C=CC(C)C(CCC(C)CC(O)CC(C)=O)C21. The van der Waals surface area contributed by atoms with Gasteiger partial charge in [-0.25, -0.2) is 8.78 Å². The zero-order valence-electron chi connectivity index (χ0n) is 42.3. The van der Waals surface area contributed by atoms with Gasteiger partial charge < -0.3 is 29.5 Å². The molecule has 2 N–H and O–H groups in total. The van der Waals surface area contributed by atoms with Crippen LogP contribution >= 0.6 is 0 Å². The van der Waals surface area contributed by atoms with Crippen molar-refractivity contribution in [3.63, 3.8) is 0 Å². The quantitative estimate of drug-likeness (QED) is 0.0562. The van der Waals surface area contributed by atoms with Gasteiger partial charge in [-0.05, 0) is 148 Å². The minimum absolute atomic E-state index is 0.00141. The molecule has 1 saturated heterocycles. The molecule has 1 heterocycles. The number of Topliss-reactive ketones (excluding diaryl/α,β-unsaturated/α-hetero) is 1. The van der Waals surface area contributed by atoms with E-state index >= 15 is 0 Å². The Morgan fingerprint density at radius 3 is 2.17 bits per heavy atom. The number of carbonyl (C=O) groups is 6. The van der Waals surface area contributed by atoms with Crippen LogP contribution in [0.3, 0.4) is 0 Å². The van der Waals surface area contributed by atoms with Crippen LogP contribution in [-0.2, 0) is 38.2 Å². The first-order valence-electron chi connectivity index (χ1n) is 25.1. The maximum absolute atomic E-state index is 14.1. The van der Waals surface area contributed by atoms with E-state index in [1.54, 1.807) is 41.3 Å². The molecule has 3 aromatic carbocycles. The molecule has 3 aromatic rings. The van der Waals surface area contributed by atoms with Crippen molar-refractivity contribution in [1.29, 1.82) is 0 Å². The number of halogens is 2. The lowest BCUT2D eigenvalue weighted by atomic mass is 9.62. The van der Waals surface area contributed by atoms with E-state index in [1.807, 2.05) is 33.8 Å². The summed E-state index contributed by atoms with van der Waals surface area (Å²) in [5, 5.41) is 13.4. The van der Waals surface area contributed by atoms with E-state index in [0.29, 0.717) is 42.5 Å². The predicted molar refractivity (Wildman–Crippen MR) is 264 cm³/mol. The van der Waals surface area contributed by atoms with Crippen LogP contribution in [0.2, 0.25) is 0 Å². The van der Waals surface area contributed by atoms with Crippen molar-refractivity contribution < 1.29 is 56.9 Å². The molecule has 6 rings (SSSR count). The number of amides is 2. The van der Waals surface area contributed by atoms with E-state index in [0.717, 1.165) is 24.0 Å². The first kappa shape index (κ1) is 54.3. The Balaban J connectivity index is 1.12. The van der Waals surface area contributed by atoms with Gasteiger partial charge in [0.15, 0.2) is 0 Å². The second kappa shape index (κ2) is 23.9. The van der Waals surface area contributed by atoms with Gasteiger partial charge in [-0.3, -0.25) is 28.8 Å². The van der Waals surface area contributed by atoms with Crippen LogP contribution in [-0.4, -0.2) is 59.4 Å². The lowest BCUT2D eigenvalue weighted by molar-refractivity contribution is -0.165. The van der Waals surface area contributed by atoms with Gasteiger partial charge in [-0.1, -0.05) is 70.5 Å². The van der Waals surface area contributed by atoms with E-state index in [-0.39, 0.29) is 84.7 Å². The second-order valence-electron chi connectivity index (χ2n) is 20.6. The van der Waals surface area contributed by atoms with Gasteiger partial charge in [0.2, 0.25) is 11.8 Å². The average Bonchev–Trinajstić information content (AvgIpc) is 3.30. The summed E-state index contributed by atoms with van der Waals surface area (Å²) in [5.74, 6) is -3.34. The number of anilines is 1. The Morgan fingerprint density at radius 2 is 1.55 bits per heavy atom. The lowest BCUT2D eigenvalue weighted by Crippen LogP contribution is -2.55. The number of carbonyl (C=O) groups excluding carboxylic acids is 6. The number of ketones is 1. The molecule has 2 aliphatic carbocycles. The van der Waals surface area contributed by atoms with E-state index in [4.69, 9.17) is 14.2 Å². The number of aliphatic hydroxyl groups excluding tert-OH is 1. The number of allylic oxidation sites excluding steroid dienone is 2. The summed E-state index contributed by atoms with van der Waals surface area (Å²) < 4.78 is 45.3. The molecule has 0 saturated carbocycles. The Hall–Kier alpha value is -6.02. The molecule has 1 aliphatic heterocycles. The van der Waals surface area contributed by atoms with Crippen LogP contribution in [0.25, 0.3) is 0 Å². The smallest absolute Gasteiger partial charge is 0.312 e. The fourth-order valence-electron chi connectivity index (χ4n) is 10.4. The van der Waals surface area contributed by atoms with Crippen molar-refractivity contribution in [3.8, 4) is 5.75 Å². The minimum Gasteiger partial charge on any atom is -0.461 e. The van der Waals surface area contributed by atoms with E-state index in [1.165, 1.54) is 50.2 Å². The third kappa shape index (κ3) is 13.7. The van der Waals surface area contributed by atoms with E-state index in [9.17, 15) is 42.7 Å². The number of β-lactam (4-membered cyclic amide) rings is 1. The Bertz CT molecular complexity index is 2450. The molecular formula is C57H70F2N2O10. The molecule has 0 bridgehead atoms. The molecule has 1 fully saturated rings. The normalized spacial score (nSPS) is 23.2. The fourth-order valence-corrected chi connectivity index (χ4v) is 10.4. The van der Waals surface area contributed by atoms with Gasteiger partial charge >= 0.3 is 17.9 Å². The van der Waals surface area contributed by atoms with Crippen molar-refractivity contribution in [2.24, 2.45) is 40.9 Å². The second-order valence-corrected chi connectivity index (χ2v) is 20.6. The van der Waals surface area contributed by atoms with Crippen LogP contribution in [0.15, 0.2) is 96.1 Å². The van der Waals surface area contributed by atoms with Crippen molar-refractivity contribution in [3.05, 3.63) is 119 Å². The highest BCUT2D eigenvalue weighted by Crippen LogP contribution is 2.49. The zero-order valence-corrected chi connectivity index (χ0v) is 42.3. The monoisotopic (exact) mass is 980 g/mol. The van der Waals surface area contributed by atoms with Crippen LogP contribution in [0.5, 0.6) is 5.75 Å². The van der Waals surface area contributed by atoms with E-state index < -0.39 is 59.3 Å². The molecule has 14 heteroatoms. The summed E-state index contributed by atoms with van der Waals surface area (Å²) in [7, 11) is 0. The zero-order chi connectivity index (χ0) is 51.7. The molecule has 0 radical (unpaired) electrons. The number of nitrogens with one attached hydrogen (secondary N) is 1. The molecule has 382 valence electrons. The molecule has 10 unspecified atom stereocenters.